The number of rotatable bonds is 4. The number of para-hydroxylation sites is 1. The van der Waals surface area contributed by atoms with Gasteiger partial charge in [-0.3, -0.25) is 0 Å². The van der Waals surface area contributed by atoms with E-state index in [1.54, 1.807) is 0 Å². The largest absolute Gasteiger partial charge is 0.455 e. The van der Waals surface area contributed by atoms with Crippen LogP contribution in [0.4, 0.5) is 17.1 Å². The molecule has 14 rings (SSSR count). The van der Waals surface area contributed by atoms with E-state index in [0.717, 1.165) is 44.4 Å². The van der Waals surface area contributed by atoms with Crippen LogP contribution in [-0.4, -0.2) is 0 Å². The van der Waals surface area contributed by atoms with E-state index in [-0.39, 0.29) is 5.41 Å². The Kier molecular flexibility index (Phi) is 7.13. The predicted molar refractivity (Wildman–Crippen MR) is 265 cm³/mol. The van der Waals surface area contributed by atoms with Gasteiger partial charge < -0.3 is 9.32 Å². The molecular weight excluding hydrogens is 775 g/mol. The zero-order chi connectivity index (χ0) is 42.3. The Bertz CT molecular complexity index is 3740. The van der Waals surface area contributed by atoms with Crippen LogP contribution in [0.3, 0.4) is 0 Å². The van der Waals surface area contributed by atoms with Gasteiger partial charge in [0.1, 0.15) is 11.2 Å². The van der Waals surface area contributed by atoms with Gasteiger partial charge in [-0.15, -0.1) is 0 Å². The average molecular weight is 816 g/mol. The van der Waals surface area contributed by atoms with Crippen LogP contribution in [0, 0.1) is 0 Å². The first-order valence-electron chi connectivity index (χ1n) is 22.4. The molecule has 0 atom stereocenters. The van der Waals surface area contributed by atoms with Crippen LogP contribution in [0.2, 0.25) is 0 Å². The van der Waals surface area contributed by atoms with Gasteiger partial charge in [-0.1, -0.05) is 190 Å². The Morgan fingerprint density at radius 2 is 0.922 bits per heavy atom. The van der Waals surface area contributed by atoms with E-state index < -0.39 is 5.41 Å². The molecule has 3 aliphatic carbocycles. The molecule has 300 valence electrons. The maximum atomic E-state index is 6.89. The lowest BCUT2D eigenvalue weighted by Gasteiger charge is -2.32. The summed E-state index contributed by atoms with van der Waals surface area (Å²) in [5.74, 6) is 0. The molecule has 0 aliphatic heterocycles. The van der Waals surface area contributed by atoms with E-state index in [0.29, 0.717) is 0 Å². The Labute approximate surface area is 372 Å². The summed E-state index contributed by atoms with van der Waals surface area (Å²) in [5.41, 5.74) is 22.8. The van der Waals surface area contributed by atoms with Gasteiger partial charge in [-0.05, 0) is 114 Å². The lowest BCUT2D eigenvalue weighted by atomic mass is 9.70. The SMILES string of the molecule is CC1(C)c2ccccc2-c2c(-c3ccccc3N(c3ccc4c(c3)-c3ccccc3C43c4ccccc4-c4ccccc43)c3cccc4oc5c6ccccc6ccc5c34)cccc21. The summed E-state index contributed by atoms with van der Waals surface area (Å²) in [6, 6.07) is 78.9. The van der Waals surface area contributed by atoms with Crippen LogP contribution in [0.25, 0.3) is 77.2 Å². The first-order chi connectivity index (χ1) is 31.5. The third-order valence-corrected chi connectivity index (χ3v) is 14.9. The maximum Gasteiger partial charge on any atom is 0.143 e. The zero-order valence-corrected chi connectivity index (χ0v) is 35.6. The molecule has 0 unspecified atom stereocenters. The van der Waals surface area contributed by atoms with Crippen LogP contribution in [0.15, 0.2) is 217 Å². The summed E-state index contributed by atoms with van der Waals surface area (Å²) in [6.45, 7) is 4.73. The van der Waals surface area contributed by atoms with Crippen LogP contribution < -0.4 is 4.90 Å². The van der Waals surface area contributed by atoms with E-state index in [1.165, 1.54) is 83.3 Å². The lowest BCUT2D eigenvalue weighted by molar-refractivity contribution is 0.660. The maximum absolute atomic E-state index is 6.89. The van der Waals surface area contributed by atoms with E-state index >= 15 is 0 Å². The van der Waals surface area contributed by atoms with Crippen LogP contribution in [-0.2, 0) is 10.8 Å². The molecule has 3 aliphatic rings. The molecule has 1 spiro atoms. The van der Waals surface area contributed by atoms with Crippen molar-refractivity contribution in [1.82, 2.24) is 0 Å². The third-order valence-electron chi connectivity index (χ3n) is 14.9. The number of nitrogens with zero attached hydrogens (tertiary/aromatic N) is 1. The smallest absolute Gasteiger partial charge is 0.143 e. The predicted octanol–water partition coefficient (Wildman–Crippen LogP) is 16.5. The van der Waals surface area contributed by atoms with Crippen molar-refractivity contribution in [1.29, 1.82) is 0 Å². The molecule has 10 aromatic carbocycles. The Morgan fingerprint density at radius 3 is 1.67 bits per heavy atom. The molecule has 0 radical (unpaired) electrons. The molecule has 2 nitrogen and oxygen atoms in total. The molecule has 1 aromatic heterocycles. The third kappa shape index (κ3) is 4.49. The second kappa shape index (κ2) is 12.8. The molecule has 2 heteroatoms. The molecule has 0 bridgehead atoms. The fourth-order valence-electron chi connectivity index (χ4n) is 12.2. The summed E-state index contributed by atoms with van der Waals surface area (Å²) in [6.07, 6.45) is 0. The van der Waals surface area contributed by atoms with Gasteiger partial charge in [0, 0.05) is 27.4 Å². The second-order valence-electron chi connectivity index (χ2n) is 18.3. The fraction of sp³-hybridized carbons (Fsp3) is 0.0645. The van der Waals surface area contributed by atoms with Crippen molar-refractivity contribution in [3.63, 3.8) is 0 Å². The fourth-order valence-corrected chi connectivity index (χ4v) is 12.2. The van der Waals surface area contributed by atoms with Gasteiger partial charge in [-0.25, -0.2) is 0 Å². The summed E-state index contributed by atoms with van der Waals surface area (Å²) >= 11 is 0. The summed E-state index contributed by atoms with van der Waals surface area (Å²) in [4.78, 5) is 2.51. The highest BCUT2D eigenvalue weighted by Crippen LogP contribution is 2.63. The van der Waals surface area contributed by atoms with Crippen molar-refractivity contribution < 1.29 is 4.42 Å². The number of anilines is 3. The van der Waals surface area contributed by atoms with Crippen molar-refractivity contribution in [2.24, 2.45) is 0 Å². The number of fused-ring (bicyclic) bond motifs is 18. The van der Waals surface area contributed by atoms with Gasteiger partial charge in [-0.2, -0.15) is 0 Å². The van der Waals surface area contributed by atoms with Crippen LogP contribution >= 0.6 is 0 Å². The monoisotopic (exact) mass is 815 g/mol. The molecule has 0 N–H and O–H groups in total. The van der Waals surface area contributed by atoms with Crippen molar-refractivity contribution in [2.45, 2.75) is 24.7 Å². The summed E-state index contributed by atoms with van der Waals surface area (Å²) < 4.78 is 6.89. The van der Waals surface area contributed by atoms with Gasteiger partial charge in [0.2, 0.25) is 0 Å². The number of hydrogen-bond acceptors (Lipinski definition) is 2. The van der Waals surface area contributed by atoms with E-state index in [1.807, 2.05) is 0 Å². The molecule has 0 saturated heterocycles. The molecule has 0 amide bonds. The van der Waals surface area contributed by atoms with E-state index in [9.17, 15) is 0 Å². The first kappa shape index (κ1) is 35.6. The standard InChI is InChI=1S/C62H41NO/c1-61(2)49-25-10-8-23-46(49)58-45(24-15-29-54(58)61)44-22-9-14-30-55(44)63(56-31-16-32-57-59(56)47-35-33-38-17-3-4-18-40(38)60(47)64-57)39-34-36-53-48(37-39)43-21-7-13-28-52(43)62(53)50-26-11-5-19-41(50)42-20-6-12-27-51(42)62/h3-37H,1-2H3. The Morgan fingerprint density at radius 1 is 0.375 bits per heavy atom. The van der Waals surface area contributed by atoms with E-state index in [2.05, 4.69) is 231 Å². The molecule has 11 aromatic rings. The van der Waals surface area contributed by atoms with Gasteiger partial charge >= 0.3 is 0 Å². The minimum absolute atomic E-state index is 0.124. The van der Waals surface area contributed by atoms with Gasteiger partial charge in [0.15, 0.2) is 0 Å². The minimum Gasteiger partial charge on any atom is -0.455 e. The number of hydrogen-bond donors (Lipinski definition) is 0. The molecule has 64 heavy (non-hydrogen) atoms. The molecule has 0 saturated carbocycles. The Balaban J connectivity index is 1.07. The highest BCUT2D eigenvalue weighted by molar-refractivity contribution is 6.20. The quantitative estimate of drug-likeness (QED) is 0.176. The Hall–Kier alpha value is -7.94. The highest BCUT2D eigenvalue weighted by Gasteiger charge is 2.51. The zero-order valence-electron chi connectivity index (χ0n) is 35.6. The van der Waals surface area contributed by atoms with Crippen molar-refractivity contribution >= 4 is 49.8 Å². The molecule has 1 heterocycles. The summed E-state index contributed by atoms with van der Waals surface area (Å²) in [5, 5.41) is 4.48. The molecule has 0 fully saturated rings. The number of furan rings is 1. The van der Waals surface area contributed by atoms with Crippen molar-refractivity contribution in [3.05, 3.63) is 246 Å². The lowest BCUT2D eigenvalue weighted by Crippen LogP contribution is -2.25. The first-order valence-corrected chi connectivity index (χ1v) is 22.4. The topological polar surface area (TPSA) is 16.4 Å². The van der Waals surface area contributed by atoms with Crippen molar-refractivity contribution in [3.8, 4) is 44.5 Å². The minimum atomic E-state index is -0.424. The van der Waals surface area contributed by atoms with Gasteiger partial charge in [0.25, 0.3) is 0 Å². The van der Waals surface area contributed by atoms with Crippen molar-refractivity contribution in [2.75, 3.05) is 4.90 Å². The average Bonchev–Trinajstić information content (AvgIpc) is 4.04. The van der Waals surface area contributed by atoms with Crippen LogP contribution in [0.1, 0.15) is 47.2 Å². The summed E-state index contributed by atoms with van der Waals surface area (Å²) in [7, 11) is 0. The van der Waals surface area contributed by atoms with E-state index in [4.69, 9.17) is 4.42 Å². The highest BCUT2D eigenvalue weighted by atomic mass is 16.3. The second-order valence-corrected chi connectivity index (χ2v) is 18.3. The normalized spacial score (nSPS) is 14.3. The molecular formula is C62H41NO. The van der Waals surface area contributed by atoms with Crippen LogP contribution in [0.5, 0.6) is 0 Å². The number of benzene rings is 10. The van der Waals surface area contributed by atoms with Gasteiger partial charge in [0.05, 0.1) is 22.2 Å².